The van der Waals surface area contributed by atoms with Gasteiger partial charge in [-0.3, -0.25) is 14.5 Å². The number of hydrogen-bond donors (Lipinski definition) is 2. The molecule has 2 heterocycles. The zero-order chi connectivity index (χ0) is 29.9. The van der Waals surface area contributed by atoms with E-state index >= 15 is 0 Å². The van der Waals surface area contributed by atoms with E-state index in [1.54, 1.807) is 30.5 Å². The maximum absolute atomic E-state index is 13.3. The molecule has 1 unspecified atom stereocenters. The number of nitrogens with zero attached hydrogens (tertiary/aromatic N) is 3. The van der Waals surface area contributed by atoms with Crippen molar-refractivity contribution in [3.8, 4) is 11.5 Å². The molecule has 1 fully saturated rings. The second-order valence-electron chi connectivity index (χ2n) is 10.1. The molecule has 2 amide bonds. The van der Waals surface area contributed by atoms with Gasteiger partial charge in [-0.2, -0.15) is 0 Å². The monoisotopic (exact) mass is 583 g/mol. The summed E-state index contributed by atoms with van der Waals surface area (Å²) in [5, 5.41) is 5.72. The van der Waals surface area contributed by atoms with Gasteiger partial charge in [-0.25, -0.2) is 9.37 Å². The van der Waals surface area contributed by atoms with E-state index in [0.29, 0.717) is 36.9 Å². The van der Waals surface area contributed by atoms with Gasteiger partial charge in [0.2, 0.25) is 11.8 Å². The lowest BCUT2D eigenvalue weighted by molar-refractivity contribution is -0.128. The summed E-state index contributed by atoms with van der Waals surface area (Å²) in [5.74, 6) is 0.960. The number of anilines is 2. The Balaban J connectivity index is 1.16. The van der Waals surface area contributed by atoms with Gasteiger partial charge in [-0.1, -0.05) is 36.4 Å². The van der Waals surface area contributed by atoms with Crippen molar-refractivity contribution in [2.75, 3.05) is 49.5 Å². The van der Waals surface area contributed by atoms with Gasteiger partial charge in [0.05, 0.1) is 19.8 Å². The van der Waals surface area contributed by atoms with E-state index in [1.807, 2.05) is 48.5 Å². The summed E-state index contributed by atoms with van der Waals surface area (Å²) >= 11 is 0. The van der Waals surface area contributed by atoms with Crippen LogP contribution >= 0.6 is 0 Å². The number of rotatable bonds is 12. The van der Waals surface area contributed by atoms with Gasteiger partial charge >= 0.3 is 0 Å². The van der Waals surface area contributed by atoms with E-state index in [0.717, 1.165) is 24.5 Å². The van der Waals surface area contributed by atoms with Crippen LogP contribution in [-0.2, 0) is 20.9 Å². The van der Waals surface area contributed by atoms with Crippen LogP contribution in [0.4, 0.5) is 15.9 Å². The lowest BCUT2D eigenvalue weighted by Gasteiger charge is -2.35. The first-order chi connectivity index (χ1) is 21.0. The molecular formula is C33H34FN5O4. The van der Waals surface area contributed by atoms with Crippen LogP contribution in [0, 0.1) is 5.82 Å². The summed E-state index contributed by atoms with van der Waals surface area (Å²) < 4.78 is 24.7. The molecule has 0 saturated carbocycles. The molecule has 9 nitrogen and oxygen atoms in total. The summed E-state index contributed by atoms with van der Waals surface area (Å²) in [6, 6.07) is 27.1. The number of aromatic nitrogens is 1. The summed E-state index contributed by atoms with van der Waals surface area (Å²) in [7, 11) is 0. The highest BCUT2D eigenvalue weighted by atomic mass is 19.1. The van der Waals surface area contributed by atoms with Crippen LogP contribution in [0.25, 0.3) is 0 Å². The number of benzene rings is 3. The van der Waals surface area contributed by atoms with Gasteiger partial charge in [0.15, 0.2) is 0 Å². The molecule has 1 atom stereocenters. The Labute approximate surface area is 250 Å². The molecule has 1 aliphatic heterocycles. The topological polar surface area (TPSA) is 96.0 Å². The summed E-state index contributed by atoms with van der Waals surface area (Å²) in [6.07, 6.45) is 1.77. The van der Waals surface area contributed by atoms with E-state index in [4.69, 9.17) is 9.47 Å². The van der Waals surface area contributed by atoms with Crippen LogP contribution in [0.15, 0.2) is 103 Å². The summed E-state index contributed by atoms with van der Waals surface area (Å²) in [5.41, 5.74) is 1.50. The molecule has 0 aliphatic carbocycles. The Morgan fingerprint density at radius 3 is 2.19 bits per heavy atom. The normalized spacial score (nSPS) is 14.1. The van der Waals surface area contributed by atoms with Crippen molar-refractivity contribution in [2.24, 2.45) is 0 Å². The smallest absolute Gasteiger partial charge is 0.249 e. The third kappa shape index (κ3) is 9.09. The molecule has 43 heavy (non-hydrogen) atoms. The van der Waals surface area contributed by atoms with Crippen LogP contribution < -0.4 is 20.3 Å². The first-order valence-corrected chi connectivity index (χ1v) is 14.2. The molecule has 2 N–H and O–H groups in total. The van der Waals surface area contributed by atoms with E-state index in [2.05, 4.69) is 25.4 Å². The number of hydrogen-bond acceptors (Lipinski definition) is 7. The Morgan fingerprint density at radius 2 is 1.51 bits per heavy atom. The van der Waals surface area contributed by atoms with E-state index in [1.165, 1.54) is 24.3 Å². The molecule has 5 rings (SSSR count). The fourth-order valence-electron chi connectivity index (χ4n) is 4.65. The fourth-order valence-corrected chi connectivity index (χ4v) is 4.65. The van der Waals surface area contributed by atoms with Gasteiger partial charge in [0, 0.05) is 38.1 Å². The Kier molecular flexibility index (Phi) is 10.3. The maximum Gasteiger partial charge on any atom is 0.249 e. The summed E-state index contributed by atoms with van der Waals surface area (Å²) in [6.45, 7) is 3.42. The number of nitrogens with one attached hydrogen (secondary N) is 2. The first-order valence-electron chi connectivity index (χ1n) is 14.2. The third-order valence-electron chi connectivity index (χ3n) is 6.93. The van der Waals surface area contributed by atoms with E-state index in [-0.39, 0.29) is 24.9 Å². The lowest BCUT2D eigenvalue weighted by atomic mass is 10.2. The molecule has 1 aliphatic rings. The zero-order valence-electron chi connectivity index (χ0n) is 23.7. The minimum absolute atomic E-state index is 0.00564. The standard InChI is InChI=1S/C33H34FN5O4/c34-26-9-13-28(14-10-26)43-29-15-11-27(12-16-29)36-33(41)30(24-42-23-25-6-2-1-3-7-25)37-32(40)22-38-18-20-39(21-19-38)31-8-4-5-17-35-31/h1-17,30H,18-24H2,(H,36,41)(H,37,40). The van der Waals surface area contributed by atoms with Gasteiger partial charge in [0.1, 0.15) is 29.2 Å². The van der Waals surface area contributed by atoms with Crippen LogP contribution in [-0.4, -0.2) is 67.1 Å². The highest BCUT2D eigenvalue weighted by Gasteiger charge is 2.24. The van der Waals surface area contributed by atoms with Gasteiger partial charge in [-0.15, -0.1) is 0 Å². The Hall–Kier alpha value is -4.80. The Morgan fingerprint density at radius 1 is 0.837 bits per heavy atom. The molecule has 0 bridgehead atoms. The molecule has 222 valence electrons. The van der Waals surface area contributed by atoms with Crippen LogP contribution in [0.1, 0.15) is 5.56 Å². The van der Waals surface area contributed by atoms with Crippen LogP contribution in [0.5, 0.6) is 11.5 Å². The quantitative estimate of drug-likeness (QED) is 0.254. The van der Waals surface area contributed by atoms with Crippen molar-refractivity contribution in [1.82, 2.24) is 15.2 Å². The highest BCUT2D eigenvalue weighted by Crippen LogP contribution is 2.23. The number of carbonyl (C=O) groups excluding carboxylic acids is 2. The highest BCUT2D eigenvalue weighted by molar-refractivity contribution is 5.97. The average molecular weight is 584 g/mol. The number of pyridine rings is 1. The van der Waals surface area contributed by atoms with E-state index in [9.17, 15) is 14.0 Å². The SMILES string of the molecule is O=C(CN1CCN(c2ccccn2)CC1)NC(COCc1ccccc1)C(=O)Nc1ccc(Oc2ccc(F)cc2)cc1. The predicted octanol–water partition coefficient (Wildman–Crippen LogP) is 4.48. The third-order valence-corrected chi connectivity index (χ3v) is 6.93. The van der Waals surface area contributed by atoms with Crippen molar-refractivity contribution in [2.45, 2.75) is 12.6 Å². The van der Waals surface area contributed by atoms with Crippen molar-refractivity contribution >= 4 is 23.3 Å². The number of piperazine rings is 1. The molecule has 1 saturated heterocycles. The molecule has 0 radical (unpaired) electrons. The van der Waals surface area contributed by atoms with Crippen molar-refractivity contribution in [3.63, 3.8) is 0 Å². The van der Waals surface area contributed by atoms with Gasteiger partial charge in [0.25, 0.3) is 0 Å². The number of ether oxygens (including phenoxy) is 2. The molecule has 1 aromatic heterocycles. The fraction of sp³-hybridized carbons (Fsp3) is 0.242. The molecule has 0 spiro atoms. The minimum atomic E-state index is -0.902. The minimum Gasteiger partial charge on any atom is -0.457 e. The predicted molar refractivity (Wildman–Crippen MR) is 162 cm³/mol. The second-order valence-corrected chi connectivity index (χ2v) is 10.1. The van der Waals surface area contributed by atoms with Crippen molar-refractivity contribution in [1.29, 1.82) is 0 Å². The average Bonchev–Trinajstić information content (AvgIpc) is 3.04. The molecular weight excluding hydrogens is 549 g/mol. The first kappa shape index (κ1) is 29.7. The zero-order valence-corrected chi connectivity index (χ0v) is 23.7. The number of halogens is 1. The second kappa shape index (κ2) is 14.9. The van der Waals surface area contributed by atoms with Gasteiger partial charge < -0.3 is 25.0 Å². The van der Waals surface area contributed by atoms with Crippen molar-refractivity contribution in [3.05, 3.63) is 115 Å². The largest absolute Gasteiger partial charge is 0.457 e. The van der Waals surface area contributed by atoms with Gasteiger partial charge in [-0.05, 0) is 66.2 Å². The van der Waals surface area contributed by atoms with Crippen LogP contribution in [0.3, 0.4) is 0 Å². The summed E-state index contributed by atoms with van der Waals surface area (Å²) in [4.78, 5) is 35.0. The molecule has 3 aromatic carbocycles. The number of carbonyl (C=O) groups is 2. The van der Waals surface area contributed by atoms with E-state index < -0.39 is 11.9 Å². The Bertz CT molecular complexity index is 1450. The molecule has 4 aromatic rings. The lowest BCUT2D eigenvalue weighted by Crippen LogP contribution is -2.53. The van der Waals surface area contributed by atoms with Crippen molar-refractivity contribution < 1.29 is 23.5 Å². The number of amides is 2. The molecule has 10 heteroatoms. The maximum atomic E-state index is 13.3. The van der Waals surface area contributed by atoms with Crippen LogP contribution in [0.2, 0.25) is 0 Å².